The Morgan fingerprint density at radius 3 is 1.74 bits per heavy atom. The van der Waals surface area contributed by atoms with Crippen LogP contribution in [0, 0.1) is 0 Å². The zero-order chi connectivity index (χ0) is 35.1. The molecule has 0 amide bonds. The third-order valence-electron chi connectivity index (χ3n) is 7.72. The Labute approximate surface area is 288 Å². The predicted molar refractivity (Wildman–Crippen MR) is 190 cm³/mol. The summed E-state index contributed by atoms with van der Waals surface area (Å²) in [7, 11) is 1.15. The molecule has 9 nitrogen and oxygen atoms in total. The van der Waals surface area contributed by atoms with Crippen molar-refractivity contribution < 1.29 is 42.1 Å². The monoisotopic (exact) mass is 687 g/mol. The zero-order valence-electron chi connectivity index (χ0n) is 30.7. The molecule has 0 spiro atoms. The molecule has 0 saturated heterocycles. The van der Waals surface area contributed by atoms with Crippen LogP contribution in [0.15, 0.2) is 24.3 Å². The van der Waals surface area contributed by atoms with E-state index in [0.717, 1.165) is 64.2 Å². The molecule has 2 atom stereocenters. The maximum absolute atomic E-state index is 12.6. The summed E-state index contributed by atoms with van der Waals surface area (Å²) < 4.78 is 33.6. The van der Waals surface area contributed by atoms with Gasteiger partial charge in [-0.05, 0) is 38.5 Å². The Hall–Kier alpha value is -1.51. The van der Waals surface area contributed by atoms with Gasteiger partial charge in [0.1, 0.15) is 19.8 Å². The molecule has 0 aromatic carbocycles. The van der Waals surface area contributed by atoms with E-state index in [2.05, 4.69) is 38.2 Å². The Balaban J connectivity index is 4.48. The van der Waals surface area contributed by atoms with Crippen molar-refractivity contribution in [3.05, 3.63) is 24.3 Å². The minimum Gasteiger partial charge on any atom is -0.756 e. The molecule has 0 bridgehead atoms. The average molecular weight is 688 g/mol. The minimum atomic E-state index is -4.61. The molecule has 0 heterocycles. The van der Waals surface area contributed by atoms with E-state index in [4.69, 9.17) is 18.5 Å². The van der Waals surface area contributed by atoms with Crippen LogP contribution < -0.4 is 4.89 Å². The average Bonchev–Trinajstić information content (AvgIpc) is 3.01. The second kappa shape index (κ2) is 30.5. The van der Waals surface area contributed by atoms with Crippen LogP contribution in [0.4, 0.5) is 0 Å². The first-order valence-corrected chi connectivity index (χ1v) is 20.0. The number of unbranched alkanes of at least 4 members (excludes halogenated alkanes) is 15. The van der Waals surface area contributed by atoms with Crippen molar-refractivity contribution in [1.82, 2.24) is 0 Å². The van der Waals surface area contributed by atoms with Crippen LogP contribution in [0.3, 0.4) is 0 Å². The molecule has 0 N–H and O–H groups in total. The van der Waals surface area contributed by atoms with Gasteiger partial charge in [-0.15, -0.1) is 0 Å². The molecule has 0 saturated carbocycles. The number of nitrogens with zero attached hydrogens (tertiary/aromatic N) is 1. The smallest absolute Gasteiger partial charge is 0.306 e. The van der Waals surface area contributed by atoms with Crippen LogP contribution in [-0.2, 0) is 32.7 Å². The van der Waals surface area contributed by atoms with Crippen LogP contribution >= 0.6 is 7.82 Å². The molecule has 0 fully saturated rings. The summed E-state index contributed by atoms with van der Waals surface area (Å²) in [5.41, 5.74) is 0. The molecule has 10 heteroatoms. The molecule has 0 aliphatic heterocycles. The van der Waals surface area contributed by atoms with Crippen LogP contribution in [0.25, 0.3) is 0 Å². The van der Waals surface area contributed by atoms with Crippen molar-refractivity contribution in [2.24, 2.45) is 0 Å². The van der Waals surface area contributed by atoms with E-state index in [9.17, 15) is 19.0 Å². The summed E-state index contributed by atoms with van der Waals surface area (Å²) in [6.45, 7) is 4.12. The molecule has 0 aliphatic carbocycles. The molecule has 0 radical (unpaired) electrons. The number of hydrogen-bond acceptors (Lipinski definition) is 8. The van der Waals surface area contributed by atoms with Crippen LogP contribution in [0.1, 0.15) is 149 Å². The summed E-state index contributed by atoms with van der Waals surface area (Å²) in [5.74, 6) is -0.855. The van der Waals surface area contributed by atoms with Gasteiger partial charge < -0.3 is 27.9 Å². The number of quaternary nitrogens is 1. The van der Waals surface area contributed by atoms with Gasteiger partial charge in [0, 0.05) is 12.8 Å². The summed E-state index contributed by atoms with van der Waals surface area (Å²) >= 11 is 0. The minimum absolute atomic E-state index is 0.0325. The number of carbonyl (C=O) groups is 2. The quantitative estimate of drug-likeness (QED) is 0.0221. The highest BCUT2D eigenvalue weighted by Crippen LogP contribution is 2.38. The van der Waals surface area contributed by atoms with Crippen molar-refractivity contribution in [3.8, 4) is 0 Å². The summed E-state index contributed by atoms with van der Waals surface area (Å²) in [4.78, 5) is 37.2. The maximum atomic E-state index is 12.6. The van der Waals surface area contributed by atoms with Crippen LogP contribution in [-0.4, -0.2) is 70.0 Å². The number of esters is 2. The lowest BCUT2D eigenvalue weighted by Crippen LogP contribution is -2.37. The van der Waals surface area contributed by atoms with Gasteiger partial charge in [-0.2, -0.15) is 0 Å². The van der Waals surface area contributed by atoms with E-state index in [0.29, 0.717) is 17.4 Å². The number of phosphoric ester groups is 1. The number of carbonyl (C=O) groups excluding carboxylic acids is 2. The standard InChI is InChI=1S/C37H70NO8P/c1-6-8-10-12-14-16-17-18-19-20-22-24-26-28-30-37(40)46-35(34-45-47(41,42)44-32-31-38(3,4)5)33-43-36(39)29-27-25-23-21-15-13-11-9-7-2/h12,14,17-18,35H,6-11,13,15-16,19-34H2,1-5H3/b14-12+,18-17+/t35-/m1/s1. The lowest BCUT2D eigenvalue weighted by molar-refractivity contribution is -0.870. The molecule has 0 aliphatic rings. The largest absolute Gasteiger partial charge is 0.756 e. The first kappa shape index (κ1) is 45.5. The van der Waals surface area contributed by atoms with Gasteiger partial charge in [0.05, 0.1) is 27.7 Å². The van der Waals surface area contributed by atoms with Crippen molar-refractivity contribution >= 4 is 19.8 Å². The highest BCUT2D eigenvalue weighted by molar-refractivity contribution is 7.45. The van der Waals surface area contributed by atoms with Crippen molar-refractivity contribution in [1.29, 1.82) is 0 Å². The van der Waals surface area contributed by atoms with Gasteiger partial charge in [-0.25, -0.2) is 0 Å². The Morgan fingerprint density at radius 1 is 0.660 bits per heavy atom. The zero-order valence-corrected chi connectivity index (χ0v) is 31.6. The first-order chi connectivity index (χ1) is 22.5. The Bertz CT molecular complexity index is 871. The van der Waals surface area contributed by atoms with E-state index in [1.807, 2.05) is 21.1 Å². The predicted octanol–water partition coefficient (Wildman–Crippen LogP) is 8.99. The summed E-state index contributed by atoms with van der Waals surface area (Å²) in [6.07, 6.45) is 29.2. The fourth-order valence-corrected chi connectivity index (χ4v) is 5.46. The van der Waals surface area contributed by atoms with E-state index in [1.54, 1.807) is 0 Å². The normalized spacial score (nSPS) is 14.1. The first-order valence-electron chi connectivity index (χ1n) is 18.5. The second-order valence-corrected chi connectivity index (χ2v) is 15.0. The molecule has 47 heavy (non-hydrogen) atoms. The van der Waals surface area contributed by atoms with Gasteiger partial charge >= 0.3 is 11.9 Å². The third-order valence-corrected chi connectivity index (χ3v) is 8.69. The number of ether oxygens (including phenoxy) is 2. The van der Waals surface area contributed by atoms with E-state index in [1.165, 1.54) is 51.4 Å². The molecule has 1 unspecified atom stereocenters. The van der Waals surface area contributed by atoms with E-state index >= 15 is 0 Å². The van der Waals surface area contributed by atoms with Crippen molar-refractivity contribution in [2.75, 3.05) is 47.5 Å². The molecule has 0 rings (SSSR count). The highest BCUT2D eigenvalue weighted by atomic mass is 31.2. The van der Waals surface area contributed by atoms with Crippen molar-refractivity contribution in [3.63, 3.8) is 0 Å². The fraction of sp³-hybridized carbons (Fsp3) is 0.838. The second-order valence-electron chi connectivity index (χ2n) is 13.6. The van der Waals surface area contributed by atoms with Crippen LogP contribution in [0.2, 0.25) is 0 Å². The van der Waals surface area contributed by atoms with Crippen molar-refractivity contribution in [2.45, 2.75) is 155 Å². The number of rotatable bonds is 33. The molecule has 0 aromatic heterocycles. The topological polar surface area (TPSA) is 111 Å². The lowest BCUT2D eigenvalue weighted by Gasteiger charge is -2.28. The molecular formula is C37H70NO8P. The number of phosphoric acid groups is 1. The number of likely N-dealkylation sites (N-methyl/N-ethyl adjacent to an activating group) is 1. The van der Waals surface area contributed by atoms with Gasteiger partial charge in [0.25, 0.3) is 7.82 Å². The lowest BCUT2D eigenvalue weighted by atomic mass is 10.1. The highest BCUT2D eigenvalue weighted by Gasteiger charge is 2.21. The summed E-state index contributed by atoms with van der Waals surface area (Å²) in [5, 5.41) is 0. The maximum Gasteiger partial charge on any atom is 0.306 e. The molecule has 0 aromatic rings. The summed E-state index contributed by atoms with van der Waals surface area (Å²) in [6, 6.07) is 0. The van der Waals surface area contributed by atoms with E-state index in [-0.39, 0.29) is 26.1 Å². The molecular weight excluding hydrogens is 617 g/mol. The van der Waals surface area contributed by atoms with E-state index < -0.39 is 32.5 Å². The number of hydrogen-bond donors (Lipinski definition) is 0. The fourth-order valence-electron chi connectivity index (χ4n) is 4.73. The number of allylic oxidation sites excluding steroid dienone is 4. The van der Waals surface area contributed by atoms with Crippen LogP contribution in [0.5, 0.6) is 0 Å². The van der Waals surface area contributed by atoms with Gasteiger partial charge in [-0.3, -0.25) is 14.2 Å². The van der Waals surface area contributed by atoms with Gasteiger partial charge in [-0.1, -0.05) is 122 Å². The Kier molecular flexibility index (Phi) is 29.6. The van der Waals surface area contributed by atoms with Gasteiger partial charge in [0.2, 0.25) is 0 Å². The SMILES string of the molecule is CCCC/C=C/C/C=C/CCCCCCCC(=O)O[C@H](COC(=O)CCCCCCCCCCC)COP(=O)([O-])OCC[N+](C)(C)C. The molecule has 276 valence electrons. The third kappa shape index (κ3) is 34.2. The van der Waals surface area contributed by atoms with Gasteiger partial charge in [0.15, 0.2) is 6.10 Å². The Morgan fingerprint density at radius 2 is 1.17 bits per heavy atom.